The van der Waals surface area contributed by atoms with Gasteiger partial charge in [0, 0.05) is 6.04 Å². The normalized spacial score (nSPS) is 22.1. The molecule has 2 N–H and O–H groups in total. The topological polar surface area (TPSA) is 58.2 Å². The maximum Gasteiger partial charge on any atom is 0.212 e. The standard InChI is InChI=1S/C12H22N2O2S/c1-4-12(2,3)14-17(15,16)10-8-11-7-5-6-9-13-11/h1,11,13-14H,5-10H2,2-3H3. The van der Waals surface area contributed by atoms with Gasteiger partial charge in [-0.05, 0) is 39.7 Å². The summed E-state index contributed by atoms with van der Waals surface area (Å²) in [5, 5.41) is 3.34. The van der Waals surface area contributed by atoms with Crippen LogP contribution in [-0.4, -0.2) is 32.3 Å². The molecule has 0 aromatic rings. The Kier molecular flexibility index (Phi) is 4.99. The third kappa shape index (κ3) is 5.53. The first-order valence-corrected chi connectivity index (χ1v) is 7.73. The van der Waals surface area contributed by atoms with Crippen molar-refractivity contribution < 1.29 is 8.42 Å². The molecule has 98 valence electrons. The highest BCUT2D eigenvalue weighted by atomic mass is 32.2. The smallest absolute Gasteiger partial charge is 0.212 e. The minimum Gasteiger partial charge on any atom is -0.314 e. The predicted molar refractivity (Wildman–Crippen MR) is 70.1 cm³/mol. The van der Waals surface area contributed by atoms with Crippen LogP contribution in [0.4, 0.5) is 0 Å². The number of piperidine rings is 1. The van der Waals surface area contributed by atoms with E-state index in [0.717, 1.165) is 13.0 Å². The molecule has 0 amide bonds. The Morgan fingerprint density at radius 1 is 1.47 bits per heavy atom. The number of rotatable bonds is 5. The molecule has 0 aromatic carbocycles. The van der Waals surface area contributed by atoms with Gasteiger partial charge >= 0.3 is 0 Å². The second-order valence-corrected chi connectivity index (χ2v) is 6.97. The Morgan fingerprint density at radius 2 is 2.18 bits per heavy atom. The van der Waals surface area contributed by atoms with E-state index in [9.17, 15) is 8.42 Å². The highest BCUT2D eigenvalue weighted by molar-refractivity contribution is 7.89. The fourth-order valence-corrected chi connectivity index (χ4v) is 3.47. The van der Waals surface area contributed by atoms with Crippen molar-refractivity contribution in [2.24, 2.45) is 0 Å². The number of hydrogen-bond donors (Lipinski definition) is 2. The summed E-state index contributed by atoms with van der Waals surface area (Å²) in [5.74, 6) is 2.56. The average Bonchev–Trinajstić information content (AvgIpc) is 2.27. The van der Waals surface area contributed by atoms with Gasteiger partial charge in [-0.3, -0.25) is 0 Å². The maximum atomic E-state index is 11.8. The number of nitrogens with one attached hydrogen (secondary N) is 2. The van der Waals surface area contributed by atoms with Gasteiger partial charge in [-0.15, -0.1) is 6.42 Å². The fraction of sp³-hybridized carbons (Fsp3) is 0.833. The molecule has 1 aliphatic heterocycles. The van der Waals surface area contributed by atoms with Gasteiger partial charge in [0.15, 0.2) is 0 Å². The Balaban J connectivity index is 2.42. The lowest BCUT2D eigenvalue weighted by atomic mass is 10.0. The zero-order chi connectivity index (χ0) is 12.9. The molecule has 0 aliphatic carbocycles. The highest BCUT2D eigenvalue weighted by Crippen LogP contribution is 2.11. The molecule has 0 aromatic heterocycles. The Labute approximate surface area is 105 Å². The Hall–Kier alpha value is -0.570. The number of terminal acetylenes is 1. The van der Waals surface area contributed by atoms with Crippen molar-refractivity contribution in [1.82, 2.24) is 10.0 Å². The average molecular weight is 258 g/mol. The SMILES string of the molecule is C#CC(C)(C)NS(=O)(=O)CCC1CCCCN1. The summed E-state index contributed by atoms with van der Waals surface area (Å²) in [6.07, 6.45) is 9.34. The lowest BCUT2D eigenvalue weighted by Gasteiger charge is -2.24. The van der Waals surface area contributed by atoms with Gasteiger partial charge in [-0.2, -0.15) is 4.72 Å². The van der Waals surface area contributed by atoms with E-state index in [1.54, 1.807) is 13.8 Å². The minimum absolute atomic E-state index is 0.135. The molecule has 1 rings (SSSR count). The van der Waals surface area contributed by atoms with Crippen molar-refractivity contribution in [3.8, 4) is 12.3 Å². The van der Waals surface area contributed by atoms with Gasteiger partial charge in [0.05, 0.1) is 11.3 Å². The zero-order valence-corrected chi connectivity index (χ0v) is 11.4. The third-order valence-corrected chi connectivity index (χ3v) is 4.51. The molecule has 1 atom stereocenters. The van der Waals surface area contributed by atoms with Crippen LogP contribution in [0.25, 0.3) is 0 Å². The van der Waals surface area contributed by atoms with E-state index >= 15 is 0 Å². The molecule has 1 heterocycles. The van der Waals surface area contributed by atoms with Crippen LogP contribution in [0.1, 0.15) is 39.5 Å². The first-order chi connectivity index (χ1) is 7.85. The summed E-state index contributed by atoms with van der Waals surface area (Å²) in [7, 11) is -3.28. The summed E-state index contributed by atoms with van der Waals surface area (Å²) in [4.78, 5) is 0. The van der Waals surface area contributed by atoms with Crippen LogP contribution in [0.2, 0.25) is 0 Å². The molecule has 4 nitrogen and oxygen atoms in total. The van der Waals surface area contributed by atoms with Crippen molar-refractivity contribution in [2.75, 3.05) is 12.3 Å². The van der Waals surface area contributed by atoms with Crippen LogP contribution < -0.4 is 10.0 Å². The summed E-state index contributed by atoms with van der Waals surface area (Å²) >= 11 is 0. The molecule has 1 unspecified atom stereocenters. The Bertz CT molecular complexity index is 376. The quantitative estimate of drug-likeness (QED) is 0.719. The van der Waals surface area contributed by atoms with E-state index in [1.807, 2.05) is 0 Å². The molecular formula is C12H22N2O2S. The van der Waals surface area contributed by atoms with E-state index in [4.69, 9.17) is 6.42 Å². The van der Waals surface area contributed by atoms with Crippen LogP contribution in [-0.2, 0) is 10.0 Å². The molecule has 17 heavy (non-hydrogen) atoms. The molecule has 1 fully saturated rings. The molecule has 0 spiro atoms. The third-order valence-electron chi connectivity index (χ3n) is 2.92. The van der Waals surface area contributed by atoms with Crippen LogP contribution >= 0.6 is 0 Å². The fourth-order valence-electron chi connectivity index (χ4n) is 1.94. The van der Waals surface area contributed by atoms with Crippen LogP contribution in [0.3, 0.4) is 0 Å². The first kappa shape index (κ1) is 14.5. The summed E-state index contributed by atoms with van der Waals surface area (Å²) in [6, 6.07) is 0.328. The molecule has 0 bridgehead atoms. The summed E-state index contributed by atoms with van der Waals surface area (Å²) in [5.41, 5.74) is -0.807. The van der Waals surface area contributed by atoms with Crippen molar-refractivity contribution in [2.45, 2.75) is 51.1 Å². The van der Waals surface area contributed by atoms with E-state index in [2.05, 4.69) is 16.0 Å². The molecule has 1 saturated heterocycles. The van der Waals surface area contributed by atoms with E-state index in [1.165, 1.54) is 12.8 Å². The Morgan fingerprint density at radius 3 is 2.71 bits per heavy atom. The van der Waals surface area contributed by atoms with Crippen molar-refractivity contribution in [3.63, 3.8) is 0 Å². The first-order valence-electron chi connectivity index (χ1n) is 6.07. The van der Waals surface area contributed by atoms with Gasteiger partial charge in [-0.1, -0.05) is 12.3 Å². The van der Waals surface area contributed by atoms with E-state index < -0.39 is 15.6 Å². The van der Waals surface area contributed by atoms with E-state index in [-0.39, 0.29) is 5.75 Å². The second-order valence-electron chi connectivity index (χ2n) is 5.13. The van der Waals surface area contributed by atoms with Crippen LogP contribution in [0, 0.1) is 12.3 Å². The van der Waals surface area contributed by atoms with Gasteiger partial charge in [0.2, 0.25) is 10.0 Å². The maximum absolute atomic E-state index is 11.8. The van der Waals surface area contributed by atoms with Crippen molar-refractivity contribution in [1.29, 1.82) is 0 Å². The summed E-state index contributed by atoms with van der Waals surface area (Å²) < 4.78 is 26.2. The highest BCUT2D eigenvalue weighted by Gasteiger charge is 2.23. The van der Waals surface area contributed by atoms with E-state index in [0.29, 0.717) is 12.5 Å². The van der Waals surface area contributed by atoms with Gasteiger partial charge in [0.1, 0.15) is 0 Å². The van der Waals surface area contributed by atoms with Gasteiger partial charge < -0.3 is 5.32 Å². The molecule has 1 aliphatic rings. The van der Waals surface area contributed by atoms with Gasteiger partial charge in [0.25, 0.3) is 0 Å². The van der Waals surface area contributed by atoms with Crippen molar-refractivity contribution >= 4 is 10.0 Å². The lowest BCUT2D eigenvalue weighted by molar-refractivity contribution is 0.391. The lowest BCUT2D eigenvalue weighted by Crippen LogP contribution is -2.44. The summed E-state index contributed by atoms with van der Waals surface area (Å²) in [6.45, 7) is 4.36. The zero-order valence-electron chi connectivity index (χ0n) is 10.6. The molecule has 0 saturated carbocycles. The van der Waals surface area contributed by atoms with Crippen molar-refractivity contribution in [3.05, 3.63) is 0 Å². The molecular weight excluding hydrogens is 236 g/mol. The van der Waals surface area contributed by atoms with Gasteiger partial charge in [-0.25, -0.2) is 8.42 Å². The number of hydrogen-bond acceptors (Lipinski definition) is 3. The van der Waals surface area contributed by atoms with Crippen LogP contribution in [0.15, 0.2) is 0 Å². The minimum atomic E-state index is -3.28. The largest absolute Gasteiger partial charge is 0.314 e. The predicted octanol–water partition coefficient (Wildman–Crippen LogP) is 0.850. The number of sulfonamides is 1. The molecule has 0 radical (unpaired) electrons. The molecule has 5 heteroatoms. The van der Waals surface area contributed by atoms with Crippen LogP contribution in [0.5, 0.6) is 0 Å². The monoisotopic (exact) mass is 258 g/mol. The second kappa shape index (κ2) is 5.85.